The lowest BCUT2D eigenvalue weighted by atomic mass is 10.2. The summed E-state index contributed by atoms with van der Waals surface area (Å²) in [7, 11) is 0. The average molecular weight is 326 g/mol. The fourth-order valence-electron chi connectivity index (χ4n) is 2.74. The van der Waals surface area contributed by atoms with Crippen LogP contribution in [0.2, 0.25) is 0 Å². The third-order valence-electron chi connectivity index (χ3n) is 3.91. The zero-order chi connectivity index (χ0) is 14.7. The molecule has 1 fully saturated rings. The molecule has 0 saturated carbocycles. The fourth-order valence-corrected chi connectivity index (χ4v) is 2.74. The smallest absolute Gasteiger partial charge is 0.257 e. The van der Waals surface area contributed by atoms with Gasteiger partial charge < -0.3 is 14.2 Å². The second-order valence-electron chi connectivity index (χ2n) is 5.30. The number of carbonyl (C=O) groups is 2. The van der Waals surface area contributed by atoms with Crippen LogP contribution in [0.15, 0.2) is 35.2 Å². The minimum atomic E-state index is -0.207. The van der Waals surface area contributed by atoms with E-state index in [4.69, 9.17) is 4.42 Å². The third kappa shape index (κ3) is 3.51. The van der Waals surface area contributed by atoms with Crippen LogP contribution >= 0.6 is 12.4 Å². The van der Waals surface area contributed by atoms with E-state index in [1.54, 1.807) is 11.0 Å². The van der Waals surface area contributed by atoms with Crippen molar-refractivity contribution in [1.82, 2.24) is 15.1 Å². The van der Waals surface area contributed by atoms with Crippen molar-refractivity contribution in [3.05, 3.63) is 36.3 Å². The number of amides is 2. The topological polar surface area (TPSA) is 65.8 Å². The summed E-state index contributed by atoms with van der Waals surface area (Å²) in [6.45, 7) is 3.25. The summed E-state index contributed by atoms with van der Waals surface area (Å²) >= 11 is 0. The molecular formula is C15H20ClN3O3. The predicted octanol–water partition coefficient (Wildman–Crippen LogP) is 0.904. The third-order valence-corrected chi connectivity index (χ3v) is 3.91. The molecule has 1 aromatic rings. The number of nitrogens with one attached hydrogen (secondary N) is 1. The zero-order valence-corrected chi connectivity index (χ0v) is 13.1. The van der Waals surface area contributed by atoms with E-state index in [1.807, 2.05) is 17.1 Å². The van der Waals surface area contributed by atoms with Crippen LogP contribution in [0, 0.1) is 0 Å². The normalized spacial score (nSPS) is 21.4. The Hall–Kier alpha value is -1.79. The van der Waals surface area contributed by atoms with Gasteiger partial charge in [0.15, 0.2) is 0 Å². The van der Waals surface area contributed by atoms with Gasteiger partial charge in [0.1, 0.15) is 12.3 Å². The minimum absolute atomic E-state index is 0. The van der Waals surface area contributed by atoms with Crippen molar-refractivity contribution in [3.8, 4) is 0 Å². The molecule has 1 atom stereocenters. The lowest BCUT2D eigenvalue weighted by Crippen LogP contribution is -2.45. The van der Waals surface area contributed by atoms with E-state index < -0.39 is 0 Å². The molecule has 1 saturated heterocycles. The van der Waals surface area contributed by atoms with E-state index in [2.05, 4.69) is 5.32 Å². The number of rotatable bonds is 2. The highest BCUT2D eigenvalue weighted by Gasteiger charge is 2.27. The summed E-state index contributed by atoms with van der Waals surface area (Å²) in [6.07, 6.45) is 7.63. The number of halogens is 1. The highest BCUT2D eigenvalue weighted by atomic mass is 35.5. The first-order valence-electron chi connectivity index (χ1n) is 7.26. The molecule has 1 unspecified atom stereocenters. The van der Waals surface area contributed by atoms with Crippen molar-refractivity contribution in [2.45, 2.75) is 12.5 Å². The lowest BCUT2D eigenvalue weighted by molar-refractivity contribution is -0.131. The molecule has 0 aliphatic carbocycles. The van der Waals surface area contributed by atoms with Crippen LogP contribution < -0.4 is 5.32 Å². The molecule has 22 heavy (non-hydrogen) atoms. The Morgan fingerprint density at radius 3 is 2.64 bits per heavy atom. The molecular weight excluding hydrogens is 306 g/mol. The molecule has 7 heteroatoms. The first-order valence-corrected chi connectivity index (χ1v) is 7.26. The van der Waals surface area contributed by atoms with E-state index in [0.29, 0.717) is 31.7 Å². The monoisotopic (exact) mass is 325 g/mol. The van der Waals surface area contributed by atoms with Gasteiger partial charge in [0.25, 0.3) is 5.91 Å². The average Bonchev–Trinajstić information content (AvgIpc) is 3.15. The highest BCUT2D eigenvalue weighted by Crippen LogP contribution is 2.11. The van der Waals surface area contributed by atoms with Gasteiger partial charge in [-0.15, -0.1) is 12.4 Å². The minimum Gasteiger partial charge on any atom is -0.472 e. The maximum Gasteiger partial charge on any atom is 0.257 e. The maximum atomic E-state index is 12.4. The summed E-state index contributed by atoms with van der Waals surface area (Å²) in [5, 5.41) is 3.14. The van der Waals surface area contributed by atoms with Crippen LogP contribution in [0.5, 0.6) is 0 Å². The van der Waals surface area contributed by atoms with Crippen LogP contribution in [0.1, 0.15) is 16.8 Å². The van der Waals surface area contributed by atoms with Gasteiger partial charge in [-0.25, -0.2) is 0 Å². The molecule has 1 aromatic heterocycles. The number of hydrogen-bond acceptors (Lipinski definition) is 4. The molecule has 0 radical (unpaired) electrons. The Bertz CT molecular complexity index is 544. The SMILES string of the molecule is Cl.O=C(c1ccoc1)N1CCCN(C(=O)C2C=CCN2)CC1. The van der Waals surface area contributed by atoms with Gasteiger partial charge in [0.05, 0.1) is 11.8 Å². The van der Waals surface area contributed by atoms with E-state index in [0.717, 1.165) is 13.0 Å². The Kier molecular flexibility index (Phi) is 5.63. The molecule has 2 aliphatic heterocycles. The molecule has 1 N–H and O–H groups in total. The van der Waals surface area contributed by atoms with Crippen LogP contribution in [-0.4, -0.2) is 60.4 Å². The second kappa shape index (κ2) is 7.47. The van der Waals surface area contributed by atoms with Crippen LogP contribution in [0.3, 0.4) is 0 Å². The number of hydrogen-bond donors (Lipinski definition) is 1. The Morgan fingerprint density at radius 1 is 1.18 bits per heavy atom. The summed E-state index contributed by atoms with van der Waals surface area (Å²) in [6, 6.07) is 1.46. The summed E-state index contributed by atoms with van der Waals surface area (Å²) < 4.78 is 4.96. The van der Waals surface area contributed by atoms with Crippen molar-refractivity contribution in [3.63, 3.8) is 0 Å². The van der Waals surface area contributed by atoms with Gasteiger partial charge in [-0.05, 0) is 12.5 Å². The molecule has 3 heterocycles. The second-order valence-corrected chi connectivity index (χ2v) is 5.30. The van der Waals surface area contributed by atoms with Gasteiger partial charge in [-0.2, -0.15) is 0 Å². The van der Waals surface area contributed by atoms with Gasteiger partial charge in [-0.1, -0.05) is 12.2 Å². The number of furan rings is 1. The van der Waals surface area contributed by atoms with Gasteiger partial charge in [0.2, 0.25) is 5.91 Å². The van der Waals surface area contributed by atoms with Gasteiger partial charge in [-0.3, -0.25) is 14.9 Å². The highest BCUT2D eigenvalue weighted by molar-refractivity contribution is 5.94. The van der Waals surface area contributed by atoms with Crippen molar-refractivity contribution in [2.24, 2.45) is 0 Å². The Labute approximate surface area is 135 Å². The molecule has 3 rings (SSSR count). The Balaban J connectivity index is 0.00000176. The van der Waals surface area contributed by atoms with E-state index in [1.165, 1.54) is 12.5 Å². The van der Waals surface area contributed by atoms with Crippen LogP contribution in [0.4, 0.5) is 0 Å². The van der Waals surface area contributed by atoms with Crippen molar-refractivity contribution >= 4 is 24.2 Å². The predicted molar refractivity (Wildman–Crippen MR) is 84.0 cm³/mol. The number of nitrogens with zero attached hydrogens (tertiary/aromatic N) is 2. The molecule has 0 spiro atoms. The standard InChI is InChI=1S/C15H19N3O3.ClH/c19-14(12-4-10-21-11-12)17-6-2-7-18(9-8-17)15(20)13-3-1-5-16-13;/h1,3-4,10-11,13,16H,2,5-9H2;1H. The quantitative estimate of drug-likeness (QED) is 0.821. The Morgan fingerprint density at radius 2 is 1.95 bits per heavy atom. The van der Waals surface area contributed by atoms with Crippen molar-refractivity contribution in [2.75, 3.05) is 32.7 Å². The summed E-state index contributed by atoms with van der Waals surface area (Å²) in [4.78, 5) is 28.3. The maximum absolute atomic E-state index is 12.4. The molecule has 0 bridgehead atoms. The van der Waals surface area contributed by atoms with Crippen LogP contribution in [0.25, 0.3) is 0 Å². The zero-order valence-electron chi connectivity index (χ0n) is 12.2. The first kappa shape index (κ1) is 16.6. The van der Waals surface area contributed by atoms with Crippen molar-refractivity contribution in [1.29, 1.82) is 0 Å². The lowest BCUT2D eigenvalue weighted by Gasteiger charge is -2.24. The van der Waals surface area contributed by atoms with Crippen molar-refractivity contribution < 1.29 is 14.0 Å². The molecule has 6 nitrogen and oxygen atoms in total. The van der Waals surface area contributed by atoms with E-state index in [-0.39, 0.29) is 30.3 Å². The van der Waals surface area contributed by atoms with Gasteiger partial charge in [0, 0.05) is 32.7 Å². The molecule has 120 valence electrons. The molecule has 2 amide bonds. The fraction of sp³-hybridized carbons (Fsp3) is 0.467. The molecule has 0 aromatic carbocycles. The van der Waals surface area contributed by atoms with Crippen LogP contribution in [-0.2, 0) is 4.79 Å². The largest absolute Gasteiger partial charge is 0.472 e. The van der Waals surface area contributed by atoms with E-state index >= 15 is 0 Å². The summed E-state index contributed by atoms with van der Waals surface area (Å²) in [5.74, 6) is 0.0679. The molecule has 2 aliphatic rings. The van der Waals surface area contributed by atoms with E-state index in [9.17, 15) is 9.59 Å². The number of carbonyl (C=O) groups excluding carboxylic acids is 2. The van der Waals surface area contributed by atoms with Gasteiger partial charge >= 0.3 is 0 Å². The first-order chi connectivity index (χ1) is 10.3. The summed E-state index contributed by atoms with van der Waals surface area (Å²) in [5.41, 5.74) is 0.565.